The molecule has 21 heavy (non-hydrogen) atoms. The van der Waals surface area contributed by atoms with Crippen molar-refractivity contribution in [1.29, 1.82) is 0 Å². The van der Waals surface area contributed by atoms with Crippen LogP contribution in [0.5, 0.6) is 0 Å². The highest BCUT2D eigenvalue weighted by Crippen LogP contribution is 2.23. The first-order valence-corrected chi connectivity index (χ1v) is 7.45. The van der Waals surface area contributed by atoms with Crippen molar-refractivity contribution in [2.75, 3.05) is 6.54 Å². The van der Waals surface area contributed by atoms with E-state index in [2.05, 4.69) is 29.0 Å². The van der Waals surface area contributed by atoms with Gasteiger partial charge in [-0.05, 0) is 17.7 Å². The summed E-state index contributed by atoms with van der Waals surface area (Å²) in [5, 5.41) is 11.9. The first-order valence-electron chi connectivity index (χ1n) is 6.57. The largest absolute Gasteiger partial charge is 0.372 e. The highest BCUT2D eigenvalue weighted by molar-refractivity contribution is 7.09. The van der Waals surface area contributed by atoms with Crippen molar-refractivity contribution in [2.45, 2.75) is 25.8 Å². The molecule has 0 spiro atoms. The fourth-order valence-corrected chi connectivity index (χ4v) is 2.61. The molecule has 0 aliphatic heterocycles. The molecule has 2 N–H and O–H groups in total. The number of hydrogen-bond donors (Lipinski definition) is 2. The Morgan fingerprint density at radius 2 is 2.29 bits per heavy atom. The number of thiazole rings is 1. The Morgan fingerprint density at radius 3 is 2.95 bits per heavy atom. The Morgan fingerprint density at radius 1 is 1.48 bits per heavy atom. The fourth-order valence-electron chi connectivity index (χ4n) is 2.05. The number of benzene rings is 1. The molecule has 2 rings (SSSR count). The van der Waals surface area contributed by atoms with Crippen LogP contribution in [0.25, 0.3) is 0 Å². The van der Waals surface area contributed by atoms with E-state index in [1.54, 1.807) is 29.5 Å². The lowest BCUT2D eigenvalue weighted by Crippen LogP contribution is -2.32. The van der Waals surface area contributed by atoms with Gasteiger partial charge in [-0.3, -0.25) is 9.87 Å². The van der Waals surface area contributed by atoms with Crippen molar-refractivity contribution in [2.24, 2.45) is 0 Å². The average molecular weight is 306 g/mol. The molecule has 0 amide bonds. The van der Waals surface area contributed by atoms with E-state index in [1.807, 2.05) is 17.8 Å². The van der Waals surface area contributed by atoms with Crippen molar-refractivity contribution in [3.8, 4) is 0 Å². The van der Waals surface area contributed by atoms with Crippen LogP contribution < -0.4 is 5.32 Å². The monoisotopic (exact) mass is 306 g/mol. The molecule has 1 aromatic carbocycles. The summed E-state index contributed by atoms with van der Waals surface area (Å²) < 4.78 is 0. The van der Waals surface area contributed by atoms with E-state index in [4.69, 9.17) is 5.26 Å². The molecule has 1 heterocycles. The van der Waals surface area contributed by atoms with Crippen LogP contribution in [0.1, 0.15) is 34.6 Å². The van der Waals surface area contributed by atoms with Gasteiger partial charge in [0.05, 0.1) is 11.1 Å². The van der Waals surface area contributed by atoms with Gasteiger partial charge in [0.15, 0.2) is 0 Å². The molecule has 0 saturated carbocycles. The van der Waals surface area contributed by atoms with Crippen molar-refractivity contribution < 1.29 is 14.9 Å². The van der Waals surface area contributed by atoms with Crippen molar-refractivity contribution in [1.82, 2.24) is 10.3 Å². The summed E-state index contributed by atoms with van der Waals surface area (Å²) in [6, 6.07) is 7.10. The maximum absolute atomic E-state index is 11.4. The second-order valence-electron chi connectivity index (χ2n) is 5.41. The number of nitrogens with one attached hydrogen (secondary N) is 1. The molecular weight excluding hydrogens is 288 g/mol. The first-order chi connectivity index (χ1) is 10.0. The van der Waals surface area contributed by atoms with Crippen LogP contribution in [0.3, 0.4) is 0 Å². The lowest BCUT2D eigenvalue weighted by Gasteiger charge is -2.26. The molecule has 0 radical (unpaired) electrons. The Hall–Kier alpha value is -1.76. The molecule has 6 heteroatoms. The molecule has 0 atom stereocenters. The van der Waals surface area contributed by atoms with Crippen LogP contribution in [-0.4, -0.2) is 22.8 Å². The second kappa shape index (κ2) is 6.80. The third-order valence-electron chi connectivity index (χ3n) is 3.31. The highest BCUT2D eigenvalue weighted by Gasteiger charge is 2.21. The van der Waals surface area contributed by atoms with Crippen molar-refractivity contribution in [3.63, 3.8) is 0 Å². The van der Waals surface area contributed by atoms with Crippen LogP contribution >= 0.6 is 11.3 Å². The quantitative estimate of drug-likeness (QED) is 0.634. The van der Waals surface area contributed by atoms with E-state index in [-0.39, 0.29) is 5.41 Å². The average Bonchev–Trinajstić information content (AvgIpc) is 2.99. The van der Waals surface area contributed by atoms with Gasteiger partial charge in [-0.2, -0.15) is 5.26 Å². The summed E-state index contributed by atoms with van der Waals surface area (Å²) >= 11 is 1.62. The molecular formula is C15H18N2O3S. The number of rotatable bonds is 6. The van der Waals surface area contributed by atoms with E-state index in [1.165, 1.54) is 4.88 Å². The maximum Gasteiger partial charge on any atom is 0.372 e. The molecule has 0 aliphatic rings. The van der Waals surface area contributed by atoms with Gasteiger partial charge >= 0.3 is 5.97 Å². The number of aromatic nitrogens is 1. The van der Waals surface area contributed by atoms with Gasteiger partial charge in [-0.25, -0.2) is 4.79 Å². The molecule has 2 aromatic rings. The lowest BCUT2D eigenvalue weighted by molar-refractivity contribution is -0.182. The van der Waals surface area contributed by atoms with Gasteiger partial charge in [0, 0.05) is 29.6 Å². The maximum atomic E-state index is 11.4. The third kappa shape index (κ3) is 4.10. The summed E-state index contributed by atoms with van der Waals surface area (Å²) in [6.07, 6.45) is 1.85. The van der Waals surface area contributed by atoms with Gasteiger partial charge in [0.1, 0.15) is 0 Å². The van der Waals surface area contributed by atoms with E-state index in [9.17, 15) is 4.79 Å². The molecule has 5 nitrogen and oxygen atoms in total. The normalized spacial score (nSPS) is 11.4. The van der Waals surface area contributed by atoms with Crippen molar-refractivity contribution in [3.05, 3.63) is 52.0 Å². The summed E-state index contributed by atoms with van der Waals surface area (Å²) in [7, 11) is 0. The van der Waals surface area contributed by atoms with Crippen LogP contribution in [0, 0.1) is 0 Å². The topological polar surface area (TPSA) is 71.5 Å². The Labute approximate surface area is 127 Å². The molecule has 0 aliphatic carbocycles. The van der Waals surface area contributed by atoms with Gasteiger partial charge in [0.25, 0.3) is 0 Å². The minimum absolute atomic E-state index is 0.156. The summed E-state index contributed by atoms with van der Waals surface area (Å²) in [6.45, 7) is 5.71. The Balaban J connectivity index is 2.02. The summed E-state index contributed by atoms with van der Waals surface area (Å²) in [4.78, 5) is 20.4. The summed E-state index contributed by atoms with van der Waals surface area (Å²) in [5.41, 5.74) is 3.00. The smallest absolute Gasteiger partial charge is 0.311 e. The zero-order chi connectivity index (χ0) is 15.3. The third-order valence-corrected chi connectivity index (χ3v) is 4.09. The van der Waals surface area contributed by atoms with Gasteiger partial charge < -0.3 is 5.32 Å². The van der Waals surface area contributed by atoms with Gasteiger partial charge in [0.2, 0.25) is 0 Å². The lowest BCUT2D eigenvalue weighted by atomic mass is 9.84. The first kappa shape index (κ1) is 15.6. The number of carbonyl (C=O) groups is 1. The molecule has 0 fully saturated rings. The zero-order valence-corrected chi connectivity index (χ0v) is 12.8. The van der Waals surface area contributed by atoms with E-state index >= 15 is 0 Å². The molecule has 1 aromatic heterocycles. The molecule has 112 valence electrons. The number of nitrogens with zero attached hydrogens (tertiary/aromatic N) is 1. The highest BCUT2D eigenvalue weighted by atomic mass is 32.1. The fraction of sp³-hybridized carbons (Fsp3) is 0.333. The van der Waals surface area contributed by atoms with E-state index < -0.39 is 5.97 Å². The number of hydrogen-bond acceptors (Lipinski definition) is 6. The van der Waals surface area contributed by atoms with Gasteiger partial charge in [-0.15, -0.1) is 11.3 Å². The molecule has 0 bridgehead atoms. The minimum atomic E-state index is -0.745. The van der Waals surface area contributed by atoms with Crippen LogP contribution in [-0.2, 0) is 16.8 Å². The number of carbonyl (C=O) groups excluding carboxylic acids is 1. The van der Waals surface area contributed by atoms with Gasteiger partial charge in [-0.1, -0.05) is 26.0 Å². The minimum Gasteiger partial charge on any atom is -0.311 e. The van der Waals surface area contributed by atoms with Crippen LogP contribution in [0.4, 0.5) is 0 Å². The summed E-state index contributed by atoms with van der Waals surface area (Å²) in [5.74, 6) is -0.745. The predicted octanol–water partition coefficient (Wildman–Crippen LogP) is 2.84. The molecule has 0 unspecified atom stereocenters. The molecule has 0 saturated heterocycles. The Bertz CT molecular complexity index is 597. The van der Waals surface area contributed by atoms with E-state index in [0.717, 1.165) is 18.7 Å². The second-order valence-corrected chi connectivity index (χ2v) is 6.39. The zero-order valence-electron chi connectivity index (χ0n) is 12.0. The standard InChI is InChI=1S/C15H18N2O3S/c1-15(2,9-16-7-13-8-17-10-21-13)12-5-3-4-11(6-12)14(18)20-19/h3-6,8,10,16,19H,7,9H2,1-2H3. The van der Waals surface area contributed by atoms with Crippen molar-refractivity contribution >= 4 is 17.3 Å². The SMILES string of the molecule is CC(C)(CNCc1cncs1)c1cccc(C(=O)OO)c1. The van der Waals surface area contributed by atoms with Crippen LogP contribution in [0.15, 0.2) is 36.0 Å². The van der Waals surface area contributed by atoms with Crippen LogP contribution in [0.2, 0.25) is 0 Å². The predicted molar refractivity (Wildman–Crippen MR) is 81.3 cm³/mol. The Kier molecular flexibility index (Phi) is 5.06. The van der Waals surface area contributed by atoms with E-state index in [0.29, 0.717) is 5.56 Å².